The molecule has 0 aliphatic carbocycles. The molecule has 3 heterocycles. The molecular weight excluding hydrogens is 406 g/mol. The van der Waals surface area contributed by atoms with E-state index in [1.165, 1.54) is 38.1 Å². The number of ether oxygens (including phenoxy) is 1. The van der Waals surface area contributed by atoms with Gasteiger partial charge < -0.3 is 9.64 Å². The molecule has 29 heavy (non-hydrogen) atoms. The van der Waals surface area contributed by atoms with E-state index in [-0.39, 0.29) is 48.5 Å². The van der Waals surface area contributed by atoms with E-state index in [4.69, 9.17) is 4.74 Å². The number of aryl methyl sites for hydroxylation is 1. The smallest absolute Gasteiger partial charge is 0.350 e. The molecule has 1 atom stereocenters. The Balaban J connectivity index is 1.68. The van der Waals surface area contributed by atoms with Gasteiger partial charge in [-0.25, -0.2) is 13.1 Å². The number of hydrogen-bond acceptors (Lipinski definition) is 8. The maximum atomic E-state index is 12.8. The lowest BCUT2D eigenvalue weighted by atomic mass is 10.2. The molecule has 3 rings (SSSR count). The van der Waals surface area contributed by atoms with Crippen LogP contribution >= 0.6 is 0 Å². The number of piperazine rings is 1. The van der Waals surface area contributed by atoms with Crippen LogP contribution < -0.4 is 4.74 Å². The quantitative estimate of drug-likeness (QED) is 0.448. The van der Waals surface area contributed by atoms with E-state index in [0.717, 1.165) is 6.20 Å². The Morgan fingerprint density at radius 1 is 1.28 bits per heavy atom. The summed E-state index contributed by atoms with van der Waals surface area (Å²) in [6.45, 7) is 2.24. The molecule has 1 amide bonds. The molecule has 158 valence electrons. The van der Waals surface area contributed by atoms with Gasteiger partial charge in [-0.15, -0.1) is 5.10 Å². The molecule has 2 aromatic rings. The Bertz CT molecular complexity index is 1020. The van der Waals surface area contributed by atoms with Gasteiger partial charge in [0, 0.05) is 39.4 Å². The number of sulfonamides is 1. The van der Waals surface area contributed by atoms with Crippen LogP contribution in [0.4, 0.5) is 5.69 Å². The van der Waals surface area contributed by atoms with Gasteiger partial charge in [-0.2, -0.15) is 9.40 Å². The van der Waals surface area contributed by atoms with Crippen LogP contribution in [0, 0.1) is 10.1 Å². The average Bonchev–Trinajstić information content (AvgIpc) is 3.33. The van der Waals surface area contributed by atoms with Crippen molar-refractivity contribution >= 4 is 21.6 Å². The number of carbonyl (C=O) groups is 1. The van der Waals surface area contributed by atoms with Crippen LogP contribution in [0.2, 0.25) is 0 Å². The molecule has 0 radical (unpaired) electrons. The van der Waals surface area contributed by atoms with Crippen molar-refractivity contribution < 1.29 is 22.9 Å². The van der Waals surface area contributed by atoms with Crippen LogP contribution in [0.15, 0.2) is 23.5 Å². The van der Waals surface area contributed by atoms with E-state index >= 15 is 0 Å². The van der Waals surface area contributed by atoms with Crippen molar-refractivity contribution in [1.82, 2.24) is 28.8 Å². The number of carbonyl (C=O) groups excluding carboxylic acids is 1. The Morgan fingerprint density at radius 3 is 2.41 bits per heavy atom. The van der Waals surface area contributed by atoms with Gasteiger partial charge >= 0.3 is 11.6 Å². The molecule has 0 bridgehead atoms. The van der Waals surface area contributed by atoms with Crippen molar-refractivity contribution in [3.63, 3.8) is 0 Å². The van der Waals surface area contributed by atoms with Gasteiger partial charge in [-0.05, 0) is 6.92 Å². The van der Waals surface area contributed by atoms with Gasteiger partial charge in [0.15, 0.2) is 0 Å². The van der Waals surface area contributed by atoms with Crippen LogP contribution in [-0.4, -0.2) is 81.3 Å². The lowest BCUT2D eigenvalue weighted by Gasteiger charge is -2.35. The van der Waals surface area contributed by atoms with Crippen LogP contribution in [0.1, 0.15) is 13.0 Å². The summed E-state index contributed by atoms with van der Waals surface area (Å²) in [5.74, 6) is -0.495. The third-order valence-electron chi connectivity index (χ3n) is 4.69. The molecular formula is C15H21N7O6S. The molecule has 2 aromatic heterocycles. The van der Waals surface area contributed by atoms with Crippen LogP contribution in [0.25, 0.3) is 0 Å². The zero-order chi connectivity index (χ0) is 21.3. The maximum absolute atomic E-state index is 12.8. The summed E-state index contributed by atoms with van der Waals surface area (Å²) in [4.78, 5) is 24.8. The predicted octanol–water partition coefficient (Wildman–Crippen LogP) is -0.372. The minimum atomic E-state index is -3.67. The molecule has 0 saturated carbocycles. The number of methoxy groups -OCH3 is 1. The second-order valence-corrected chi connectivity index (χ2v) is 8.45. The highest BCUT2D eigenvalue weighted by molar-refractivity contribution is 7.89. The summed E-state index contributed by atoms with van der Waals surface area (Å²) in [6, 6.07) is -0.806. The number of hydrogen-bond donors (Lipinski definition) is 0. The first-order valence-electron chi connectivity index (χ1n) is 8.70. The van der Waals surface area contributed by atoms with Crippen molar-refractivity contribution in [2.24, 2.45) is 7.05 Å². The predicted molar refractivity (Wildman–Crippen MR) is 98.7 cm³/mol. The van der Waals surface area contributed by atoms with Crippen LogP contribution in [0.5, 0.6) is 5.88 Å². The second-order valence-electron chi connectivity index (χ2n) is 6.52. The standard InChI is InChI=1S/C15H21N7O6S/c1-11(21-10-13(22(24)25)14(17-21)28-3)15(23)19-4-6-20(7-5-19)29(26,27)12-8-16-18(2)9-12/h8-11H,4-7H2,1-3H3. The van der Waals surface area contributed by atoms with Crippen molar-refractivity contribution in [2.75, 3.05) is 33.3 Å². The fourth-order valence-electron chi connectivity index (χ4n) is 3.04. The summed E-state index contributed by atoms with van der Waals surface area (Å²) in [6.07, 6.45) is 3.85. The zero-order valence-electron chi connectivity index (χ0n) is 16.1. The minimum absolute atomic E-state index is 0.101. The highest BCUT2D eigenvalue weighted by atomic mass is 32.2. The molecule has 13 nitrogen and oxygen atoms in total. The fourth-order valence-corrected chi connectivity index (χ4v) is 4.45. The average molecular weight is 427 g/mol. The van der Waals surface area contributed by atoms with Crippen LogP contribution in [0.3, 0.4) is 0 Å². The number of amides is 1. The first-order valence-corrected chi connectivity index (χ1v) is 10.1. The first-order chi connectivity index (χ1) is 13.6. The summed E-state index contributed by atoms with van der Waals surface area (Å²) >= 11 is 0. The molecule has 0 spiro atoms. The van der Waals surface area contributed by atoms with E-state index in [0.29, 0.717) is 0 Å². The number of aromatic nitrogens is 4. The van der Waals surface area contributed by atoms with Crippen molar-refractivity contribution in [3.05, 3.63) is 28.7 Å². The largest absolute Gasteiger partial charge is 0.475 e. The lowest BCUT2D eigenvalue weighted by Crippen LogP contribution is -2.51. The Kier molecular flexibility index (Phi) is 5.57. The molecule has 1 aliphatic heterocycles. The minimum Gasteiger partial charge on any atom is -0.475 e. The SMILES string of the molecule is COc1nn(C(C)C(=O)N2CCN(S(=O)(=O)c3cnn(C)c3)CC2)cc1[N+](=O)[O-]. The lowest BCUT2D eigenvalue weighted by molar-refractivity contribution is -0.385. The molecule has 1 aliphatic rings. The number of rotatable bonds is 6. The third-order valence-corrected chi connectivity index (χ3v) is 6.55. The summed E-state index contributed by atoms with van der Waals surface area (Å²) < 4.78 is 34.1. The van der Waals surface area contributed by atoms with Gasteiger partial charge in [0.2, 0.25) is 15.9 Å². The van der Waals surface area contributed by atoms with E-state index in [1.807, 2.05) is 0 Å². The fraction of sp³-hybridized carbons (Fsp3) is 0.533. The normalized spacial score (nSPS) is 16.6. The summed E-state index contributed by atoms with van der Waals surface area (Å²) in [5.41, 5.74) is -0.334. The maximum Gasteiger partial charge on any atom is 0.350 e. The molecule has 1 saturated heterocycles. The Hall–Kier alpha value is -3.00. The highest BCUT2D eigenvalue weighted by Gasteiger charge is 2.33. The van der Waals surface area contributed by atoms with Gasteiger partial charge in [-0.1, -0.05) is 0 Å². The topological polar surface area (TPSA) is 146 Å². The van der Waals surface area contributed by atoms with Gasteiger partial charge in [-0.3, -0.25) is 19.6 Å². The molecule has 0 N–H and O–H groups in total. The molecule has 1 fully saturated rings. The molecule has 1 unspecified atom stereocenters. The van der Waals surface area contributed by atoms with Crippen molar-refractivity contribution in [1.29, 1.82) is 0 Å². The summed E-state index contributed by atoms with van der Waals surface area (Å²) in [5, 5.41) is 18.9. The second kappa shape index (κ2) is 7.79. The third kappa shape index (κ3) is 3.93. The highest BCUT2D eigenvalue weighted by Crippen LogP contribution is 2.27. The van der Waals surface area contributed by atoms with E-state index in [2.05, 4.69) is 10.2 Å². The molecule has 0 aromatic carbocycles. The van der Waals surface area contributed by atoms with Gasteiger partial charge in [0.1, 0.15) is 17.1 Å². The van der Waals surface area contributed by atoms with Gasteiger partial charge in [0.05, 0.1) is 18.2 Å². The van der Waals surface area contributed by atoms with Crippen molar-refractivity contribution in [3.8, 4) is 5.88 Å². The molecule has 14 heteroatoms. The Labute approximate surface area is 166 Å². The number of nitrogens with zero attached hydrogens (tertiary/aromatic N) is 7. The van der Waals surface area contributed by atoms with E-state index in [9.17, 15) is 23.3 Å². The van der Waals surface area contributed by atoms with Crippen LogP contribution in [-0.2, 0) is 21.9 Å². The Morgan fingerprint density at radius 2 is 1.93 bits per heavy atom. The summed E-state index contributed by atoms with van der Waals surface area (Å²) in [7, 11) is -0.786. The van der Waals surface area contributed by atoms with Crippen molar-refractivity contribution in [2.45, 2.75) is 17.9 Å². The number of nitro groups is 1. The zero-order valence-corrected chi connectivity index (χ0v) is 16.9. The van der Waals surface area contributed by atoms with Gasteiger partial charge in [0.25, 0.3) is 0 Å². The first kappa shape index (κ1) is 20.7. The van der Waals surface area contributed by atoms with E-state index in [1.54, 1.807) is 14.0 Å². The van der Waals surface area contributed by atoms with E-state index < -0.39 is 21.0 Å². The monoisotopic (exact) mass is 427 g/mol.